The van der Waals surface area contributed by atoms with Gasteiger partial charge in [0.25, 0.3) is 0 Å². The number of nitrogens with zero attached hydrogens (tertiary/aromatic N) is 2. The minimum absolute atomic E-state index is 0.335. The van der Waals surface area contributed by atoms with Gasteiger partial charge in [-0.05, 0) is 87.3 Å². The first kappa shape index (κ1) is 26.6. The number of fused-ring (bicyclic) bond motifs is 9. The van der Waals surface area contributed by atoms with Crippen molar-refractivity contribution in [3.8, 4) is 0 Å². The summed E-state index contributed by atoms with van der Waals surface area (Å²) in [6.45, 7) is 0. The summed E-state index contributed by atoms with van der Waals surface area (Å²) in [5, 5.41) is 5.99. The summed E-state index contributed by atoms with van der Waals surface area (Å²) in [6.07, 6.45) is 0. The molecule has 3 heterocycles. The second kappa shape index (κ2) is 10.4. The molecule has 4 atom stereocenters. The van der Waals surface area contributed by atoms with E-state index in [4.69, 9.17) is 0 Å². The normalized spacial score (nSPS) is 20.8. The van der Waals surface area contributed by atoms with Crippen LogP contribution in [-0.2, 0) is 0 Å². The number of hydrogen-bond donors (Lipinski definition) is 0. The van der Waals surface area contributed by atoms with Gasteiger partial charge in [-0.1, -0.05) is 103 Å². The number of anilines is 4. The Labute approximate surface area is 277 Å². The van der Waals surface area contributed by atoms with Crippen LogP contribution in [0, 0.1) is 0 Å². The highest BCUT2D eigenvalue weighted by Gasteiger charge is 2.57. The van der Waals surface area contributed by atoms with Crippen molar-refractivity contribution < 1.29 is 0 Å². The Kier molecular flexibility index (Phi) is 6.03. The number of thioether (sulfide) groups is 2. The van der Waals surface area contributed by atoms with Crippen molar-refractivity contribution in [3.05, 3.63) is 169 Å². The van der Waals surface area contributed by atoms with Gasteiger partial charge in [0.05, 0.1) is 12.1 Å². The molecule has 4 unspecified atom stereocenters. The van der Waals surface area contributed by atoms with Gasteiger partial charge in [0.1, 0.15) is 0 Å². The molecule has 7 aromatic carbocycles. The second-order valence-electron chi connectivity index (χ2n) is 12.5. The van der Waals surface area contributed by atoms with Gasteiger partial charge < -0.3 is 9.80 Å². The molecule has 3 aliphatic rings. The highest BCUT2D eigenvalue weighted by atomic mass is 32.2. The molecule has 7 aromatic rings. The van der Waals surface area contributed by atoms with Gasteiger partial charge in [-0.15, -0.1) is 23.5 Å². The van der Waals surface area contributed by atoms with Crippen LogP contribution >= 0.6 is 23.5 Å². The van der Waals surface area contributed by atoms with E-state index in [1.807, 2.05) is 0 Å². The van der Waals surface area contributed by atoms with Crippen molar-refractivity contribution in [3.63, 3.8) is 0 Å². The van der Waals surface area contributed by atoms with E-state index in [1.54, 1.807) is 0 Å². The SMILES string of the molecule is c1cc(N(c2ccc3ccccc3c2)c2ccc3ccccc3c2)cc(N2C3c4ccccc4SC3C3Sc4ccccc4C32)c1. The zero-order chi connectivity index (χ0) is 30.2. The molecule has 0 spiro atoms. The largest absolute Gasteiger partial charge is 0.355 e. The Hall–Kier alpha value is -4.64. The topological polar surface area (TPSA) is 6.48 Å². The van der Waals surface area contributed by atoms with Crippen molar-refractivity contribution >= 4 is 67.8 Å². The minimum Gasteiger partial charge on any atom is -0.355 e. The Morgan fingerprint density at radius 2 is 0.891 bits per heavy atom. The predicted octanol–water partition coefficient (Wildman–Crippen LogP) is 11.7. The number of rotatable bonds is 4. The van der Waals surface area contributed by atoms with Crippen molar-refractivity contribution in [2.75, 3.05) is 9.80 Å². The highest BCUT2D eigenvalue weighted by Crippen LogP contribution is 2.66. The molecule has 46 heavy (non-hydrogen) atoms. The summed E-state index contributed by atoms with van der Waals surface area (Å²) in [4.78, 5) is 8.06. The van der Waals surface area contributed by atoms with E-state index in [-0.39, 0.29) is 0 Å². The Balaban J connectivity index is 1.15. The van der Waals surface area contributed by atoms with Gasteiger partial charge in [-0.25, -0.2) is 0 Å². The third kappa shape index (κ3) is 4.07. The van der Waals surface area contributed by atoms with Crippen LogP contribution in [0.4, 0.5) is 22.7 Å². The molecule has 1 saturated heterocycles. The lowest BCUT2D eigenvalue weighted by Gasteiger charge is -2.34. The predicted molar refractivity (Wildman–Crippen MR) is 196 cm³/mol. The molecule has 2 nitrogen and oxygen atoms in total. The Morgan fingerprint density at radius 1 is 0.413 bits per heavy atom. The third-order valence-corrected chi connectivity index (χ3v) is 13.0. The Bertz CT molecular complexity index is 2160. The molecule has 220 valence electrons. The first-order chi connectivity index (χ1) is 22.8. The quantitative estimate of drug-likeness (QED) is 0.192. The lowest BCUT2D eigenvalue weighted by Crippen LogP contribution is -2.27. The zero-order valence-corrected chi connectivity index (χ0v) is 26.7. The molecular weight excluding hydrogens is 597 g/mol. The summed E-state index contributed by atoms with van der Waals surface area (Å²) in [7, 11) is 0. The highest BCUT2D eigenvalue weighted by molar-refractivity contribution is 8.04. The fourth-order valence-electron chi connectivity index (χ4n) is 7.92. The molecule has 0 radical (unpaired) electrons. The maximum atomic E-state index is 2.76. The van der Waals surface area contributed by atoms with Crippen LogP contribution in [0.25, 0.3) is 21.5 Å². The van der Waals surface area contributed by atoms with Crippen molar-refractivity contribution in [1.82, 2.24) is 0 Å². The summed E-state index contributed by atoms with van der Waals surface area (Å²) in [5.41, 5.74) is 7.70. The summed E-state index contributed by atoms with van der Waals surface area (Å²) < 4.78 is 0. The summed E-state index contributed by atoms with van der Waals surface area (Å²) in [6, 6.07) is 59.1. The summed E-state index contributed by atoms with van der Waals surface area (Å²) >= 11 is 4.17. The average Bonchev–Trinajstić information content (AvgIpc) is 3.77. The molecule has 0 aromatic heterocycles. The molecule has 0 amide bonds. The fourth-order valence-corrected chi connectivity index (χ4v) is 11.2. The van der Waals surface area contributed by atoms with E-state index in [0.29, 0.717) is 22.6 Å². The third-order valence-electron chi connectivity index (χ3n) is 9.92. The molecule has 3 aliphatic heterocycles. The second-order valence-corrected chi connectivity index (χ2v) is 14.9. The van der Waals surface area contributed by atoms with Gasteiger partial charge in [0, 0.05) is 43.0 Å². The molecule has 0 N–H and O–H groups in total. The number of hydrogen-bond acceptors (Lipinski definition) is 4. The number of benzene rings is 7. The van der Waals surface area contributed by atoms with Gasteiger partial charge in [-0.3, -0.25) is 0 Å². The van der Waals surface area contributed by atoms with Crippen LogP contribution in [0.3, 0.4) is 0 Å². The maximum Gasteiger partial charge on any atom is 0.0694 e. The van der Waals surface area contributed by atoms with Crippen LogP contribution in [-0.4, -0.2) is 10.5 Å². The van der Waals surface area contributed by atoms with Crippen molar-refractivity contribution in [2.45, 2.75) is 32.4 Å². The van der Waals surface area contributed by atoms with E-state index < -0.39 is 0 Å². The zero-order valence-electron chi connectivity index (χ0n) is 25.0. The molecule has 4 heteroatoms. The van der Waals surface area contributed by atoms with E-state index in [9.17, 15) is 0 Å². The lowest BCUT2D eigenvalue weighted by molar-refractivity contribution is 0.675. The summed E-state index contributed by atoms with van der Waals surface area (Å²) in [5.74, 6) is 0. The molecule has 0 saturated carbocycles. The van der Waals surface area contributed by atoms with Gasteiger partial charge in [-0.2, -0.15) is 0 Å². The van der Waals surface area contributed by atoms with Gasteiger partial charge in [0.15, 0.2) is 0 Å². The van der Waals surface area contributed by atoms with Crippen LogP contribution < -0.4 is 9.80 Å². The van der Waals surface area contributed by atoms with Crippen LogP contribution in [0.2, 0.25) is 0 Å². The first-order valence-corrected chi connectivity index (χ1v) is 17.7. The van der Waals surface area contributed by atoms with Crippen molar-refractivity contribution in [1.29, 1.82) is 0 Å². The maximum absolute atomic E-state index is 2.76. The van der Waals surface area contributed by atoms with E-state index in [1.165, 1.54) is 53.8 Å². The van der Waals surface area contributed by atoms with E-state index in [0.717, 1.165) is 11.4 Å². The van der Waals surface area contributed by atoms with Gasteiger partial charge >= 0.3 is 0 Å². The monoisotopic (exact) mass is 626 g/mol. The molecule has 1 fully saturated rings. The average molecular weight is 627 g/mol. The van der Waals surface area contributed by atoms with Crippen LogP contribution in [0.1, 0.15) is 23.2 Å². The van der Waals surface area contributed by atoms with Gasteiger partial charge in [0.2, 0.25) is 0 Å². The van der Waals surface area contributed by atoms with E-state index in [2.05, 4.69) is 191 Å². The standard InChI is InChI=1S/C42H30N2S2/c1-3-12-29-24-33(22-20-27(29)10-1)43(34-23-21-28-11-2-4-13-30(28)25-34)31-14-9-15-32(26-31)44-39-35-16-5-7-18-37(35)45-41(39)42-40(44)36-17-6-8-19-38(36)46-42/h1-26,39-42H. The smallest absolute Gasteiger partial charge is 0.0694 e. The van der Waals surface area contributed by atoms with E-state index >= 15 is 0 Å². The fraction of sp³-hybridized carbons (Fsp3) is 0.0952. The Morgan fingerprint density at radius 3 is 1.46 bits per heavy atom. The van der Waals surface area contributed by atoms with Crippen LogP contribution in [0.5, 0.6) is 0 Å². The minimum atomic E-state index is 0.335. The van der Waals surface area contributed by atoms with Crippen LogP contribution in [0.15, 0.2) is 168 Å². The molecule has 0 bridgehead atoms. The molecule has 0 aliphatic carbocycles. The lowest BCUT2D eigenvalue weighted by atomic mass is 10.0. The molecular formula is C42H30N2S2. The first-order valence-electron chi connectivity index (χ1n) is 16.0. The molecule has 10 rings (SSSR count). The van der Waals surface area contributed by atoms with Crippen molar-refractivity contribution in [2.24, 2.45) is 0 Å².